The molecular weight excluding hydrogens is 182 g/mol. The Kier molecular flexibility index (Phi) is 4.86. The highest BCUT2D eigenvalue weighted by Crippen LogP contribution is 2.02. The van der Waals surface area contributed by atoms with Crippen LogP contribution in [-0.4, -0.2) is 29.0 Å². The summed E-state index contributed by atoms with van der Waals surface area (Å²) in [6.07, 6.45) is 3.78. The maximum atomic E-state index is 10.6. The van der Waals surface area contributed by atoms with Crippen LogP contribution in [-0.2, 0) is 4.79 Å². The van der Waals surface area contributed by atoms with Crippen LogP contribution in [0.15, 0.2) is 17.1 Å². The first kappa shape index (κ1) is 12.6. The van der Waals surface area contributed by atoms with Gasteiger partial charge in [-0.2, -0.15) is 0 Å². The molecule has 0 rings (SSSR count). The summed E-state index contributed by atoms with van der Waals surface area (Å²) in [7, 11) is 0. The van der Waals surface area contributed by atoms with E-state index in [1.165, 1.54) is 13.0 Å². The number of rotatable bonds is 5. The standard InChI is InChI=1S/C9H17N3O2/c1-7(10)12-6-4-3-5-9(2,11)8(13)14/h3,5H,4,6,11H2,1-2H3,(H2,10,12)(H,13,14)/b5-3-/t9-/m0/s1. The molecule has 0 amide bonds. The Hall–Kier alpha value is -1.36. The highest BCUT2D eigenvalue weighted by Gasteiger charge is 2.23. The minimum atomic E-state index is -1.30. The quantitative estimate of drug-likeness (QED) is 0.253. The third-order valence-electron chi connectivity index (χ3n) is 1.58. The molecule has 0 aliphatic carbocycles. The van der Waals surface area contributed by atoms with Crippen molar-refractivity contribution in [3.63, 3.8) is 0 Å². The third-order valence-corrected chi connectivity index (χ3v) is 1.58. The van der Waals surface area contributed by atoms with Crippen molar-refractivity contribution in [3.05, 3.63) is 12.2 Å². The van der Waals surface area contributed by atoms with Gasteiger partial charge >= 0.3 is 5.97 Å². The SMILES string of the molecule is CC(N)=NCC/C=C\[C@](C)(N)C(=O)O. The summed E-state index contributed by atoms with van der Waals surface area (Å²) in [6, 6.07) is 0. The molecule has 0 heterocycles. The minimum absolute atomic E-state index is 0.521. The van der Waals surface area contributed by atoms with E-state index in [1.807, 2.05) is 0 Å². The van der Waals surface area contributed by atoms with Crippen molar-refractivity contribution in [2.75, 3.05) is 6.54 Å². The molecule has 1 atom stereocenters. The molecule has 0 unspecified atom stereocenters. The number of hydrogen-bond donors (Lipinski definition) is 3. The van der Waals surface area contributed by atoms with E-state index in [4.69, 9.17) is 16.6 Å². The molecule has 0 saturated heterocycles. The molecule has 0 saturated carbocycles. The Morgan fingerprint density at radius 3 is 2.64 bits per heavy atom. The predicted octanol–water partition coefficient (Wildman–Crippen LogP) is 0.112. The molecule has 0 aliphatic rings. The fraction of sp³-hybridized carbons (Fsp3) is 0.556. The van der Waals surface area contributed by atoms with Gasteiger partial charge < -0.3 is 16.6 Å². The van der Waals surface area contributed by atoms with Gasteiger partial charge in [0.15, 0.2) is 0 Å². The first-order chi connectivity index (χ1) is 6.36. The normalized spacial score (nSPS) is 16.9. The van der Waals surface area contributed by atoms with E-state index in [1.54, 1.807) is 13.0 Å². The van der Waals surface area contributed by atoms with Crippen molar-refractivity contribution < 1.29 is 9.90 Å². The molecule has 0 aromatic carbocycles. The molecule has 0 spiro atoms. The summed E-state index contributed by atoms with van der Waals surface area (Å²) in [4.78, 5) is 14.5. The van der Waals surface area contributed by atoms with Gasteiger partial charge in [0.1, 0.15) is 5.54 Å². The number of aliphatic imine (C=N–C) groups is 1. The van der Waals surface area contributed by atoms with Gasteiger partial charge in [0.05, 0.1) is 5.84 Å². The number of carboxylic acid groups (broad SMARTS) is 1. The van der Waals surface area contributed by atoms with Crippen LogP contribution in [0, 0.1) is 0 Å². The Morgan fingerprint density at radius 2 is 2.21 bits per heavy atom. The molecule has 0 fully saturated rings. The van der Waals surface area contributed by atoms with Crippen LogP contribution in [0.2, 0.25) is 0 Å². The van der Waals surface area contributed by atoms with Gasteiger partial charge in [-0.25, -0.2) is 4.79 Å². The number of nitrogens with zero attached hydrogens (tertiary/aromatic N) is 1. The lowest BCUT2D eigenvalue weighted by Crippen LogP contribution is -2.42. The van der Waals surface area contributed by atoms with Crippen LogP contribution in [0.5, 0.6) is 0 Å². The van der Waals surface area contributed by atoms with Crippen LogP contribution in [0.25, 0.3) is 0 Å². The lowest BCUT2D eigenvalue weighted by molar-refractivity contribution is -0.140. The first-order valence-corrected chi connectivity index (χ1v) is 4.33. The van der Waals surface area contributed by atoms with E-state index < -0.39 is 11.5 Å². The number of carbonyl (C=O) groups is 1. The summed E-state index contributed by atoms with van der Waals surface area (Å²) < 4.78 is 0. The molecule has 0 aromatic rings. The van der Waals surface area contributed by atoms with Gasteiger partial charge in [0, 0.05) is 6.54 Å². The summed E-state index contributed by atoms with van der Waals surface area (Å²) in [5.41, 5.74) is 9.47. The smallest absolute Gasteiger partial charge is 0.327 e. The Bertz CT molecular complexity index is 253. The Labute approximate surface area is 83.5 Å². The Balaban J connectivity index is 3.95. The molecule has 80 valence electrons. The van der Waals surface area contributed by atoms with Crippen molar-refractivity contribution in [1.82, 2.24) is 0 Å². The number of carboxylic acids is 1. The van der Waals surface area contributed by atoms with Crippen LogP contribution in [0.4, 0.5) is 0 Å². The second-order valence-electron chi connectivity index (χ2n) is 3.30. The predicted molar refractivity (Wildman–Crippen MR) is 56.1 cm³/mol. The van der Waals surface area contributed by atoms with Crippen LogP contribution < -0.4 is 11.5 Å². The fourth-order valence-corrected chi connectivity index (χ4v) is 0.715. The topological polar surface area (TPSA) is 102 Å². The number of hydrogen-bond acceptors (Lipinski definition) is 3. The summed E-state index contributed by atoms with van der Waals surface area (Å²) in [5.74, 6) is -0.528. The van der Waals surface area contributed by atoms with E-state index in [2.05, 4.69) is 4.99 Å². The zero-order chi connectivity index (χ0) is 11.2. The maximum absolute atomic E-state index is 10.6. The highest BCUT2D eigenvalue weighted by molar-refractivity contribution is 5.80. The van der Waals surface area contributed by atoms with Gasteiger partial charge in [-0.1, -0.05) is 12.2 Å². The van der Waals surface area contributed by atoms with Crippen molar-refractivity contribution in [1.29, 1.82) is 0 Å². The van der Waals surface area contributed by atoms with Crippen molar-refractivity contribution in [2.24, 2.45) is 16.5 Å². The first-order valence-electron chi connectivity index (χ1n) is 4.33. The molecule has 5 N–H and O–H groups in total. The van der Waals surface area contributed by atoms with Gasteiger partial charge in [0.2, 0.25) is 0 Å². The van der Waals surface area contributed by atoms with Gasteiger partial charge in [-0.05, 0) is 20.3 Å². The van der Waals surface area contributed by atoms with Crippen LogP contribution in [0.3, 0.4) is 0 Å². The van der Waals surface area contributed by atoms with Crippen LogP contribution in [0.1, 0.15) is 20.3 Å². The lowest BCUT2D eigenvalue weighted by atomic mass is 10.0. The summed E-state index contributed by atoms with van der Waals surface area (Å²) >= 11 is 0. The molecule has 0 radical (unpaired) electrons. The zero-order valence-corrected chi connectivity index (χ0v) is 8.53. The highest BCUT2D eigenvalue weighted by atomic mass is 16.4. The van der Waals surface area contributed by atoms with Gasteiger partial charge in [-0.3, -0.25) is 4.99 Å². The molecule has 5 heteroatoms. The molecular formula is C9H17N3O2. The van der Waals surface area contributed by atoms with Gasteiger partial charge in [-0.15, -0.1) is 0 Å². The maximum Gasteiger partial charge on any atom is 0.327 e. The van der Waals surface area contributed by atoms with Crippen LogP contribution >= 0.6 is 0 Å². The Morgan fingerprint density at radius 1 is 1.64 bits per heavy atom. The molecule has 0 bridgehead atoms. The third kappa shape index (κ3) is 5.31. The second kappa shape index (κ2) is 5.39. The lowest BCUT2D eigenvalue weighted by Gasteiger charge is -2.12. The number of aliphatic carboxylic acids is 1. The zero-order valence-electron chi connectivity index (χ0n) is 8.53. The van der Waals surface area contributed by atoms with E-state index in [-0.39, 0.29) is 0 Å². The summed E-state index contributed by atoms with van der Waals surface area (Å²) in [6.45, 7) is 3.69. The van der Waals surface area contributed by atoms with E-state index in [9.17, 15) is 4.79 Å². The number of amidine groups is 1. The fourth-order valence-electron chi connectivity index (χ4n) is 0.715. The van der Waals surface area contributed by atoms with Crippen molar-refractivity contribution in [2.45, 2.75) is 25.8 Å². The van der Waals surface area contributed by atoms with Crippen molar-refractivity contribution >= 4 is 11.8 Å². The van der Waals surface area contributed by atoms with Gasteiger partial charge in [0.25, 0.3) is 0 Å². The van der Waals surface area contributed by atoms with Crippen molar-refractivity contribution in [3.8, 4) is 0 Å². The average Bonchev–Trinajstić information content (AvgIpc) is 2.02. The van der Waals surface area contributed by atoms with E-state index in [0.29, 0.717) is 18.8 Å². The molecule has 0 aliphatic heterocycles. The largest absolute Gasteiger partial charge is 0.480 e. The minimum Gasteiger partial charge on any atom is -0.480 e. The second-order valence-corrected chi connectivity index (χ2v) is 3.30. The molecule has 5 nitrogen and oxygen atoms in total. The van der Waals surface area contributed by atoms with E-state index >= 15 is 0 Å². The average molecular weight is 199 g/mol. The molecule has 14 heavy (non-hydrogen) atoms. The monoisotopic (exact) mass is 199 g/mol. The number of nitrogens with two attached hydrogens (primary N) is 2. The molecule has 0 aromatic heterocycles. The summed E-state index contributed by atoms with van der Waals surface area (Å²) in [5, 5.41) is 8.66. The van der Waals surface area contributed by atoms with E-state index in [0.717, 1.165) is 0 Å².